The normalized spacial score (nSPS) is 11.1. The molecule has 0 atom stereocenters. The second-order valence-corrected chi connectivity index (χ2v) is 6.86. The van der Waals surface area contributed by atoms with Gasteiger partial charge in [-0.05, 0) is 25.1 Å². The molecule has 0 amide bonds. The first-order valence-electron chi connectivity index (χ1n) is 8.36. The first kappa shape index (κ1) is 17.3. The van der Waals surface area contributed by atoms with Crippen molar-refractivity contribution < 1.29 is 4.42 Å². The van der Waals surface area contributed by atoms with Gasteiger partial charge in [-0.15, -0.1) is 16.8 Å². The molecule has 0 radical (unpaired) electrons. The van der Waals surface area contributed by atoms with Gasteiger partial charge in [-0.2, -0.15) is 0 Å². The summed E-state index contributed by atoms with van der Waals surface area (Å²) in [5, 5.41) is 9.91. The number of furan rings is 1. The smallest absolute Gasteiger partial charge is 0.258 e. The van der Waals surface area contributed by atoms with Crippen LogP contribution in [0.5, 0.6) is 0 Å². The number of hydrogen-bond acceptors (Lipinski definition) is 6. The minimum absolute atomic E-state index is 0.140. The Morgan fingerprint density at radius 3 is 2.93 bits per heavy atom. The number of fused-ring (bicyclic) bond motifs is 1. The van der Waals surface area contributed by atoms with Crippen molar-refractivity contribution in [3.63, 3.8) is 0 Å². The molecule has 0 fully saturated rings. The summed E-state index contributed by atoms with van der Waals surface area (Å²) >= 11 is 1.46. The van der Waals surface area contributed by atoms with Crippen LogP contribution in [0.2, 0.25) is 0 Å². The third-order valence-electron chi connectivity index (χ3n) is 4.13. The molecule has 0 bridgehead atoms. The fourth-order valence-corrected chi connectivity index (χ4v) is 3.66. The molecule has 3 heterocycles. The van der Waals surface area contributed by atoms with Gasteiger partial charge in [-0.1, -0.05) is 30.0 Å². The summed E-state index contributed by atoms with van der Waals surface area (Å²) in [5.41, 5.74) is 1.44. The van der Waals surface area contributed by atoms with Gasteiger partial charge in [0.25, 0.3) is 5.56 Å². The van der Waals surface area contributed by atoms with Crippen LogP contribution in [0, 0.1) is 6.92 Å². The molecule has 0 saturated heterocycles. The van der Waals surface area contributed by atoms with Gasteiger partial charge in [0.05, 0.1) is 28.5 Å². The number of H-pyrrole nitrogens is 1. The Bertz CT molecular complexity index is 1170. The first-order chi connectivity index (χ1) is 13.2. The van der Waals surface area contributed by atoms with Gasteiger partial charge < -0.3 is 9.40 Å². The zero-order valence-corrected chi connectivity index (χ0v) is 15.5. The van der Waals surface area contributed by atoms with Crippen LogP contribution in [0.4, 0.5) is 0 Å². The second-order valence-electron chi connectivity index (χ2n) is 5.91. The van der Waals surface area contributed by atoms with Crippen LogP contribution in [0.1, 0.15) is 11.6 Å². The largest absolute Gasteiger partial charge is 0.469 e. The van der Waals surface area contributed by atoms with Gasteiger partial charge in [0.1, 0.15) is 11.6 Å². The van der Waals surface area contributed by atoms with Gasteiger partial charge in [0.2, 0.25) is 0 Å². The van der Waals surface area contributed by atoms with Gasteiger partial charge >= 0.3 is 0 Å². The molecular weight excluding hydrogens is 362 g/mol. The van der Waals surface area contributed by atoms with Crippen molar-refractivity contribution in [2.75, 3.05) is 0 Å². The molecule has 136 valence electrons. The SMILES string of the molecule is C=CCn1c(SCc2nc3ccccc3c(=O)[nH]2)nnc1-c1ccoc1C. The van der Waals surface area contributed by atoms with Crippen LogP contribution in [0.25, 0.3) is 22.3 Å². The van der Waals surface area contributed by atoms with Crippen LogP contribution >= 0.6 is 11.8 Å². The number of aromatic nitrogens is 5. The lowest BCUT2D eigenvalue weighted by molar-refractivity contribution is 0.534. The second kappa shape index (κ2) is 7.24. The minimum atomic E-state index is -0.140. The number of aryl methyl sites for hydroxylation is 1. The van der Waals surface area contributed by atoms with E-state index in [0.29, 0.717) is 29.0 Å². The molecule has 0 spiro atoms. The Labute approximate surface area is 159 Å². The molecule has 7 nitrogen and oxygen atoms in total. The molecule has 0 aliphatic rings. The molecule has 0 saturated carbocycles. The van der Waals surface area contributed by atoms with Crippen LogP contribution in [0.15, 0.2) is 63.6 Å². The zero-order chi connectivity index (χ0) is 18.8. The average Bonchev–Trinajstić information content (AvgIpc) is 3.26. The number of para-hydroxylation sites is 1. The van der Waals surface area contributed by atoms with E-state index in [9.17, 15) is 4.79 Å². The van der Waals surface area contributed by atoms with Crippen molar-refractivity contribution in [3.8, 4) is 11.4 Å². The average molecular weight is 379 g/mol. The predicted molar refractivity (Wildman–Crippen MR) is 105 cm³/mol. The van der Waals surface area contributed by atoms with E-state index in [2.05, 4.69) is 26.7 Å². The molecular formula is C19H17N5O2S. The highest BCUT2D eigenvalue weighted by Crippen LogP contribution is 2.28. The number of thioether (sulfide) groups is 1. The van der Waals surface area contributed by atoms with E-state index in [1.54, 1.807) is 18.4 Å². The van der Waals surface area contributed by atoms with Gasteiger partial charge in [0, 0.05) is 6.54 Å². The van der Waals surface area contributed by atoms with Crippen molar-refractivity contribution in [1.82, 2.24) is 24.7 Å². The maximum absolute atomic E-state index is 12.2. The number of benzene rings is 1. The minimum Gasteiger partial charge on any atom is -0.469 e. The van der Waals surface area contributed by atoms with Crippen molar-refractivity contribution >= 4 is 22.7 Å². The maximum atomic E-state index is 12.2. The monoisotopic (exact) mass is 379 g/mol. The fraction of sp³-hybridized carbons (Fsp3) is 0.158. The van der Waals surface area contributed by atoms with Gasteiger partial charge in [0.15, 0.2) is 11.0 Å². The van der Waals surface area contributed by atoms with E-state index in [0.717, 1.165) is 22.3 Å². The van der Waals surface area contributed by atoms with Crippen LogP contribution in [-0.2, 0) is 12.3 Å². The fourth-order valence-electron chi connectivity index (χ4n) is 2.84. The molecule has 0 aliphatic heterocycles. The summed E-state index contributed by atoms with van der Waals surface area (Å²) in [6, 6.07) is 9.16. The number of nitrogens with zero attached hydrogens (tertiary/aromatic N) is 4. The van der Waals surface area contributed by atoms with E-state index < -0.39 is 0 Å². The van der Waals surface area contributed by atoms with Crippen LogP contribution < -0.4 is 5.56 Å². The summed E-state index contributed by atoms with van der Waals surface area (Å²) < 4.78 is 7.35. The molecule has 4 rings (SSSR count). The molecule has 0 unspecified atom stereocenters. The summed E-state index contributed by atoms with van der Waals surface area (Å²) in [6.45, 7) is 6.27. The summed E-state index contributed by atoms with van der Waals surface area (Å²) in [6.07, 6.45) is 3.43. The number of rotatable bonds is 6. The highest BCUT2D eigenvalue weighted by molar-refractivity contribution is 7.98. The summed E-state index contributed by atoms with van der Waals surface area (Å²) in [5.74, 6) is 2.57. The van der Waals surface area contributed by atoms with E-state index in [-0.39, 0.29) is 5.56 Å². The van der Waals surface area contributed by atoms with E-state index in [1.165, 1.54) is 11.8 Å². The van der Waals surface area contributed by atoms with E-state index in [4.69, 9.17) is 4.42 Å². The van der Waals surface area contributed by atoms with Crippen molar-refractivity contribution in [1.29, 1.82) is 0 Å². The molecule has 0 aliphatic carbocycles. The Balaban J connectivity index is 1.64. The van der Waals surface area contributed by atoms with E-state index >= 15 is 0 Å². The first-order valence-corrected chi connectivity index (χ1v) is 9.35. The Morgan fingerprint density at radius 2 is 2.15 bits per heavy atom. The lowest BCUT2D eigenvalue weighted by atomic mass is 10.2. The highest BCUT2D eigenvalue weighted by Gasteiger charge is 2.17. The molecule has 8 heteroatoms. The quantitative estimate of drug-likeness (QED) is 0.407. The Hall–Kier alpha value is -3.13. The van der Waals surface area contributed by atoms with Crippen LogP contribution in [0.3, 0.4) is 0 Å². The standard InChI is InChI=1S/C19H17N5O2S/c1-3-9-24-17(13-8-10-26-12(13)2)22-23-19(24)27-11-16-20-15-7-5-4-6-14(15)18(25)21-16/h3-8,10H,1,9,11H2,2H3,(H,20,21,25). The molecule has 1 aromatic carbocycles. The highest BCUT2D eigenvalue weighted by atomic mass is 32.2. The van der Waals surface area contributed by atoms with Crippen molar-refractivity contribution in [2.45, 2.75) is 24.4 Å². The van der Waals surface area contributed by atoms with Crippen molar-refractivity contribution in [2.24, 2.45) is 0 Å². The Kier molecular flexibility index (Phi) is 4.64. The Morgan fingerprint density at radius 1 is 1.30 bits per heavy atom. The third-order valence-corrected chi connectivity index (χ3v) is 5.11. The third kappa shape index (κ3) is 3.31. The van der Waals surface area contributed by atoms with E-state index in [1.807, 2.05) is 35.8 Å². The topological polar surface area (TPSA) is 89.6 Å². The molecule has 4 aromatic rings. The van der Waals surface area contributed by atoms with Crippen LogP contribution in [-0.4, -0.2) is 24.7 Å². The number of aromatic amines is 1. The van der Waals surface area contributed by atoms with Gasteiger partial charge in [-0.3, -0.25) is 9.36 Å². The lowest BCUT2D eigenvalue weighted by Gasteiger charge is -2.07. The molecule has 27 heavy (non-hydrogen) atoms. The number of nitrogens with one attached hydrogen (secondary N) is 1. The molecule has 3 aromatic heterocycles. The molecule has 1 N–H and O–H groups in total. The van der Waals surface area contributed by atoms with Gasteiger partial charge in [-0.25, -0.2) is 4.98 Å². The number of hydrogen-bond donors (Lipinski definition) is 1. The zero-order valence-electron chi connectivity index (χ0n) is 14.7. The van der Waals surface area contributed by atoms with Crippen molar-refractivity contribution in [3.05, 3.63) is 71.2 Å². The predicted octanol–water partition coefficient (Wildman–Crippen LogP) is 3.56. The summed E-state index contributed by atoms with van der Waals surface area (Å²) in [7, 11) is 0. The maximum Gasteiger partial charge on any atom is 0.258 e. The number of allylic oxidation sites excluding steroid dienone is 1. The lowest BCUT2D eigenvalue weighted by Crippen LogP contribution is -2.11. The summed E-state index contributed by atoms with van der Waals surface area (Å²) in [4.78, 5) is 19.6.